The van der Waals surface area contributed by atoms with Crippen LogP contribution in [0, 0.1) is 12.8 Å². The molecule has 1 amide bonds. The molecule has 0 bridgehead atoms. The van der Waals surface area contributed by atoms with Crippen LogP contribution in [0.5, 0.6) is 0 Å². The molecule has 0 atom stereocenters. The lowest BCUT2D eigenvalue weighted by Gasteiger charge is -2.34. The van der Waals surface area contributed by atoms with Crippen molar-refractivity contribution in [1.29, 1.82) is 0 Å². The fourth-order valence-electron chi connectivity index (χ4n) is 3.83. The van der Waals surface area contributed by atoms with Crippen LogP contribution in [0.1, 0.15) is 32.3 Å². The van der Waals surface area contributed by atoms with Crippen molar-refractivity contribution >= 4 is 40.7 Å². The van der Waals surface area contributed by atoms with Crippen LogP contribution < -0.4 is 10.6 Å². The summed E-state index contributed by atoms with van der Waals surface area (Å²) < 4.78 is 0. The van der Waals surface area contributed by atoms with Gasteiger partial charge < -0.3 is 15.5 Å². The number of thiocarbonyl (C=S) groups is 1. The number of carbonyl (C=O) groups excluding carboxylic acids is 1. The van der Waals surface area contributed by atoms with Crippen molar-refractivity contribution < 1.29 is 4.79 Å². The van der Waals surface area contributed by atoms with E-state index in [-0.39, 0.29) is 5.91 Å². The van der Waals surface area contributed by atoms with Gasteiger partial charge in [0.2, 0.25) is 0 Å². The zero-order valence-corrected chi connectivity index (χ0v) is 21.3. The predicted molar refractivity (Wildman–Crippen MR) is 146 cm³/mol. The van der Waals surface area contributed by atoms with Crippen LogP contribution in [0.2, 0.25) is 0 Å². The minimum atomic E-state index is -0.0952. The number of hydrogen-bond acceptors (Lipinski definition) is 3. The minimum absolute atomic E-state index is 0.0952. The molecule has 1 aliphatic rings. The Morgan fingerprint density at radius 1 is 1.21 bits per heavy atom. The van der Waals surface area contributed by atoms with E-state index in [0.29, 0.717) is 11.5 Å². The molecule has 0 unspecified atom stereocenters. The first-order valence-corrected chi connectivity index (χ1v) is 12.7. The molecule has 0 saturated carbocycles. The van der Waals surface area contributed by atoms with E-state index >= 15 is 0 Å². The van der Waals surface area contributed by atoms with E-state index in [4.69, 9.17) is 12.2 Å². The Morgan fingerprint density at radius 2 is 1.91 bits per heavy atom. The largest absolute Gasteiger partial charge is 0.363 e. The highest BCUT2D eigenvalue weighted by molar-refractivity contribution is 8.05. The van der Waals surface area contributed by atoms with Crippen LogP contribution in [0.4, 0.5) is 5.69 Å². The number of rotatable bonds is 7. The first-order chi connectivity index (χ1) is 15.9. The van der Waals surface area contributed by atoms with Gasteiger partial charge in [-0.15, -0.1) is 11.8 Å². The molecular weight excluding hydrogens is 446 g/mol. The van der Waals surface area contributed by atoms with Gasteiger partial charge in [-0.1, -0.05) is 48.5 Å². The summed E-state index contributed by atoms with van der Waals surface area (Å²) in [4.78, 5) is 16.2. The molecule has 3 rings (SSSR count). The molecular formula is C27H33N3OS2. The van der Waals surface area contributed by atoms with Crippen LogP contribution >= 0.6 is 24.0 Å². The maximum atomic E-state index is 12.9. The molecule has 0 radical (unpaired) electrons. The Balaban J connectivity index is 1.58. The highest BCUT2D eigenvalue weighted by Crippen LogP contribution is 2.33. The second-order valence-electron chi connectivity index (χ2n) is 8.35. The van der Waals surface area contributed by atoms with Gasteiger partial charge in [0.25, 0.3) is 5.91 Å². The number of piperidine rings is 1. The highest BCUT2D eigenvalue weighted by atomic mass is 32.2. The standard InChI is InChI=1S/C27H33N3OS2/c1-5-28-27(32)30-15-13-22(14-16-30)21(4)33-18-20(3)26(31)29-25-12-11-19(2)17-24(25)23-9-7-6-8-10-23/h6-12,17-18,22H,4-5,13-16H2,1-3H3,(H,28,32)(H,29,31)/b20-18+. The minimum Gasteiger partial charge on any atom is -0.363 e. The number of carbonyl (C=O) groups is 1. The maximum Gasteiger partial charge on any atom is 0.251 e. The molecule has 1 saturated heterocycles. The summed E-state index contributed by atoms with van der Waals surface area (Å²) in [5.41, 5.74) is 4.75. The summed E-state index contributed by atoms with van der Waals surface area (Å²) in [7, 11) is 0. The van der Waals surface area contributed by atoms with E-state index < -0.39 is 0 Å². The first-order valence-electron chi connectivity index (χ1n) is 11.4. The van der Waals surface area contributed by atoms with E-state index in [1.54, 1.807) is 11.8 Å². The Morgan fingerprint density at radius 3 is 2.58 bits per heavy atom. The van der Waals surface area contributed by atoms with Crippen molar-refractivity contribution in [2.75, 3.05) is 25.0 Å². The number of anilines is 1. The predicted octanol–water partition coefficient (Wildman–Crippen LogP) is 6.36. The zero-order valence-electron chi connectivity index (χ0n) is 19.7. The Labute approximate surface area is 207 Å². The molecule has 33 heavy (non-hydrogen) atoms. The molecule has 0 aliphatic carbocycles. The van der Waals surface area contributed by atoms with E-state index in [1.807, 2.05) is 42.7 Å². The Bertz CT molecular complexity index is 1020. The third kappa shape index (κ3) is 6.95. The SMILES string of the molecule is C=C(S/C=C(\C)C(=O)Nc1ccc(C)cc1-c1ccccc1)C1CCN(C(=S)NCC)CC1. The van der Waals surface area contributed by atoms with Gasteiger partial charge in [0.1, 0.15) is 0 Å². The lowest BCUT2D eigenvalue weighted by atomic mass is 9.97. The fourth-order valence-corrected chi connectivity index (χ4v) is 5.02. The third-order valence-corrected chi connectivity index (χ3v) is 7.33. The topological polar surface area (TPSA) is 44.4 Å². The van der Waals surface area contributed by atoms with Gasteiger partial charge >= 0.3 is 0 Å². The van der Waals surface area contributed by atoms with Gasteiger partial charge in [0.15, 0.2) is 5.11 Å². The average molecular weight is 480 g/mol. The summed E-state index contributed by atoms with van der Waals surface area (Å²) in [6.07, 6.45) is 2.06. The van der Waals surface area contributed by atoms with Crippen LogP contribution in [-0.2, 0) is 4.79 Å². The monoisotopic (exact) mass is 479 g/mol. The summed E-state index contributed by atoms with van der Waals surface area (Å²) in [6, 6.07) is 16.2. The lowest BCUT2D eigenvalue weighted by molar-refractivity contribution is -0.112. The molecule has 4 nitrogen and oxygen atoms in total. The molecule has 2 aromatic carbocycles. The Kier molecular flexibility index (Phi) is 9.15. The number of allylic oxidation sites excluding steroid dienone is 1. The van der Waals surface area contributed by atoms with Crippen molar-refractivity contribution in [2.45, 2.75) is 33.6 Å². The highest BCUT2D eigenvalue weighted by Gasteiger charge is 2.22. The number of aryl methyl sites for hydroxylation is 1. The van der Waals surface area contributed by atoms with E-state index in [9.17, 15) is 4.79 Å². The van der Waals surface area contributed by atoms with Crippen LogP contribution in [0.25, 0.3) is 11.1 Å². The van der Waals surface area contributed by atoms with Gasteiger partial charge in [-0.05, 0) is 79.8 Å². The number of hydrogen-bond donors (Lipinski definition) is 2. The molecule has 0 spiro atoms. The van der Waals surface area contributed by atoms with Crippen LogP contribution in [-0.4, -0.2) is 35.6 Å². The van der Waals surface area contributed by atoms with E-state index in [0.717, 1.165) is 64.9 Å². The molecule has 6 heteroatoms. The summed E-state index contributed by atoms with van der Waals surface area (Å²) in [5, 5.41) is 9.08. The van der Waals surface area contributed by atoms with Gasteiger partial charge in [-0.25, -0.2) is 0 Å². The molecule has 2 aromatic rings. The smallest absolute Gasteiger partial charge is 0.251 e. The molecule has 2 N–H and O–H groups in total. The molecule has 174 valence electrons. The molecule has 0 aromatic heterocycles. The number of likely N-dealkylation sites (tertiary alicyclic amines) is 1. The van der Waals surface area contributed by atoms with Gasteiger partial charge in [-0.2, -0.15) is 0 Å². The normalized spacial score (nSPS) is 14.6. The number of amides is 1. The molecule has 1 heterocycles. The van der Waals surface area contributed by atoms with E-state index in [2.05, 4.69) is 54.2 Å². The third-order valence-electron chi connectivity index (χ3n) is 5.82. The number of nitrogens with one attached hydrogen (secondary N) is 2. The first kappa shape index (κ1) is 25.1. The van der Waals surface area contributed by atoms with Crippen LogP contribution in [0.15, 0.2) is 71.0 Å². The second kappa shape index (κ2) is 12.1. The van der Waals surface area contributed by atoms with Gasteiger partial charge in [-0.3, -0.25) is 4.79 Å². The summed E-state index contributed by atoms with van der Waals surface area (Å²) in [6.45, 7) is 13.0. The fraction of sp³-hybridized carbons (Fsp3) is 0.333. The van der Waals surface area contributed by atoms with Crippen molar-refractivity contribution in [2.24, 2.45) is 5.92 Å². The van der Waals surface area contributed by atoms with Crippen molar-refractivity contribution in [3.8, 4) is 11.1 Å². The average Bonchev–Trinajstić information content (AvgIpc) is 2.84. The molecule has 1 aliphatic heterocycles. The van der Waals surface area contributed by atoms with Gasteiger partial charge in [0.05, 0.1) is 0 Å². The van der Waals surface area contributed by atoms with Crippen LogP contribution in [0.3, 0.4) is 0 Å². The van der Waals surface area contributed by atoms with Crippen molar-refractivity contribution in [3.63, 3.8) is 0 Å². The quantitative estimate of drug-likeness (QED) is 0.357. The Hall–Kier alpha value is -2.57. The lowest BCUT2D eigenvalue weighted by Crippen LogP contribution is -2.44. The van der Waals surface area contributed by atoms with E-state index in [1.165, 1.54) is 0 Å². The number of benzene rings is 2. The second-order valence-corrected chi connectivity index (χ2v) is 9.73. The zero-order chi connectivity index (χ0) is 23.8. The molecule has 1 fully saturated rings. The van der Waals surface area contributed by atoms with Gasteiger partial charge in [0, 0.05) is 36.5 Å². The summed E-state index contributed by atoms with van der Waals surface area (Å²) >= 11 is 6.99. The number of thioether (sulfide) groups is 1. The number of nitrogens with zero attached hydrogens (tertiary/aromatic N) is 1. The van der Waals surface area contributed by atoms with Crippen molar-refractivity contribution in [3.05, 3.63) is 76.6 Å². The summed E-state index contributed by atoms with van der Waals surface area (Å²) in [5.74, 6) is 0.340. The van der Waals surface area contributed by atoms with Crippen molar-refractivity contribution in [1.82, 2.24) is 10.2 Å². The maximum absolute atomic E-state index is 12.9.